The van der Waals surface area contributed by atoms with Crippen LogP contribution in [0.5, 0.6) is 0 Å². The Kier molecular flexibility index (Phi) is 2.84. The average Bonchev–Trinajstić information content (AvgIpc) is 1.96. The fourth-order valence-electron chi connectivity index (χ4n) is 1.71. The van der Waals surface area contributed by atoms with Gasteiger partial charge in [0.1, 0.15) is 0 Å². The monoisotopic (exact) mass is 160 g/mol. The van der Waals surface area contributed by atoms with E-state index in [0.717, 1.165) is 12.8 Å². The van der Waals surface area contributed by atoms with Gasteiger partial charge < -0.3 is 5.73 Å². The van der Waals surface area contributed by atoms with Crippen LogP contribution >= 0.6 is 0 Å². The van der Waals surface area contributed by atoms with Gasteiger partial charge in [-0.05, 0) is 19.9 Å². The van der Waals surface area contributed by atoms with Gasteiger partial charge in [0.15, 0.2) is 6.30 Å². The van der Waals surface area contributed by atoms with Crippen molar-refractivity contribution >= 4 is 0 Å². The van der Waals surface area contributed by atoms with Crippen molar-refractivity contribution in [3.63, 3.8) is 0 Å². The number of alkyl halides is 1. The van der Waals surface area contributed by atoms with E-state index in [1.807, 2.05) is 7.05 Å². The standard InChI is InChI=1S/C8H17FN2/c1-3-7-4-6(10)5-8(9)11(7)2/h6-8H,3-5,10H2,1-2H3. The highest BCUT2D eigenvalue weighted by Gasteiger charge is 2.30. The number of nitrogens with zero attached hydrogens (tertiary/aromatic N) is 1. The van der Waals surface area contributed by atoms with Crippen LogP contribution in [0.3, 0.4) is 0 Å². The van der Waals surface area contributed by atoms with E-state index in [9.17, 15) is 4.39 Å². The summed E-state index contributed by atoms with van der Waals surface area (Å²) in [6.07, 6.45) is 1.59. The van der Waals surface area contributed by atoms with Gasteiger partial charge in [0.05, 0.1) is 0 Å². The van der Waals surface area contributed by atoms with Gasteiger partial charge in [-0.15, -0.1) is 0 Å². The number of hydrogen-bond acceptors (Lipinski definition) is 2. The van der Waals surface area contributed by atoms with E-state index in [2.05, 4.69) is 6.92 Å². The molecule has 1 rings (SSSR count). The van der Waals surface area contributed by atoms with E-state index in [-0.39, 0.29) is 6.04 Å². The highest BCUT2D eigenvalue weighted by molar-refractivity contribution is 4.83. The first-order valence-corrected chi connectivity index (χ1v) is 4.26. The fourth-order valence-corrected chi connectivity index (χ4v) is 1.71. The highest BCUT2D eigenvalue weighted by atomic mass is 19.1. The largest absolute Gasteiger partial charge is 0.327 e. The van der Waals surface area contributed by atoms with Crippen molar-refractivity contribution in [2.24, 2.45) is 5.73 Å². The maximum Gasteiger partial charge on any atom is 0.155 e. The lowest BCUT2D eigenvalue weighted by atomic mass is 9.96. The molecule has 1 saturated heterocycles. The second-order valence-electron chi connectivity index (χ2n) is 3.39. The lowest BCUT2D eigenvalue weighted by Gasteiger charge is -2.37. The van der Waals surface area contributed by atoms with Gasteiger partial charge in [0, 0.05) is 18.5 Å². The van der Waals surface area contributed by atoms with Crippen LogP contribution in [-0.4, -0.2) is 30.3 Å². The molecule has 1 aliphatic rings. The Hall–Kier alpha value is -0.150. The van der Waals surface area contributed by atoms with Crippen LogP contribution in [0, 0.1) is 0 Å². The first kappa shape index (κ1) is 8.94. The van der Waals surface area contributed by atoms with Crippen molar-refractivity contribution in [1.29, 1.82) is 0 Å². The van der Waals surface area contributed by atoms with Crippen LogP contribution in [0.1, 0.15) is 26.2 Å². The zero-order valence-electron chi connectivity index (χ0n) is 7.26. The molecule has 0 bridgehead atoms. The van der Waals surface area contributed by atoms with Gasteiger partial charge in [-0.25, -0.2) is 4.39 Å². The average molecular weight is 160 g/mol. The van der Waals surface area contributed by atoms with Crippen LogP contribution < -0.4 is 5.73 Å². The molecule has 1 heterocycles. The molecule has 3 heteroatoms. The van der Waals surface area contributed by atoms with Gasteiger partial charge >= 0.3 is 0 Å². The minimum atomic E-state index is -0.830. The summed E-state index contributed by atoms with van der Waals surface area (Å²) in [5.41, 5.74) is 5.69. The third-order valence-electron chi connectivity index (χ3n) is 2.56. The Morgan fingerprint density at radius 1 is 1.55 bits per heavy atom. The van der Waals surface area contributed by atoms with Gasteiger partial charge in [-0.2, -0.15) is 0 Å². The van der Waals surface area contributed by atoms with Gasteiger partial charge in [0.25, 0.3) is 0 Å². The maximum atomic E-state index is 13.1. The normalized spacial score (nSPS) is 40.9. The van der Waals surface area contributed by atoms with Gasteiger partial charge in [-0.3, -0.25) is 4.90 Å². The molecule has 0 aliphatic carbocycles. The molecule has 66 valence electrons. The number of hydrogen-bond donors (Lipinski definition) is 1. The van der Waals surface area contributed by atoms with Gasteiger partial charge in [-0.1, -0.05) is 6.92 Å². The molecule has 2 N–H and O–H groups in total. The molecule has 0 aromatic carbocycles. The Bertz CT molecular complexity index is 129. The summed E-state index contributed by atoms with van der Waals surface area (Å²) < 4.78 is 13.1. The smallest absolute Gasteiger partial charge is 0.155 e. The molecule has 3 atom stereocenters. The number of halogens is 1. The lowest BCUT2D eigenvalue weighted by molar-refractivity contribution is 0.0152. The number of piperidine rings is 1. The van der Waals surface area contributed by atoms with Crippen molar-refractivity contribution in [1.82, 2.24) is 4.90 Å². The molecule has 0 aromatic heterocycles. The quantitative estimate of drug-likeness (QED) is 0.582. The van der Waals surface area contributed by atoms with Crippen LogP contribution in [0.15, 0.2) is 0 Å². The summed E-state index contributed by atoms with van der Waals surface area (Å²) in [6.45, 7) is 2.08. The molecule has 0 amide bonds. The molecule has 3 unspecified atom stereocenters. The molecule has 11 heavy (non-hydrogen) atoms. The fraction of sp³-hybridized carbons (Fsp3) is 1.00. The summed E-state index contributed by atoms with van der Waals surface area (Å²) in [7, 11) is 1.84. The van der Waals surface area contributed by atoms with E-state index < -0.39 is 6.30 Å². The lowest BCUT2D eigenvalue weighted by Crippen LogP contribution is -2.48. The van der Waals surface area contributed by atoms with Crippen LogP contribution in [0.4, 0.5) is 4.39 Å². The minimum absolute atomic E-state index is 0.0612. The van der Waals surface area contributed by atoms with Crippen molar-refractivity contribution < 1.29 is 4.39 Å². The zero-order chi connectivity index (χ0) is 8.43. The van der Waals surface area contributed by atoms with E-state index >= 15 is 0 Å². The number of nitrogens with two attached hydrogens (primary N) is 1. The summed E-state index contributed by atoms with van der Waals surface area (Å²) >= 11 is 0. The van der Waals surface area contributed by atoms with E-state index in [4.69, 9.17) is 5.73 Å². The predicted octanol–water partition coefficient (Wildman–Crippen LogP) is 1.11. The Labute approximate surface area is 67.6 Å². The van der Waals surface area contributed by atoms with Crippen LogP contribution in [0.2, 0.25) is 0 Å². The van der Waals surface area contributed by atoms with E-state index in [1.165, 1.54) is 0 Å². The van der Waals surface area contributed by atoms with Gasteiger partial charge in [0.2, 0.25) is 0 Å². The first-order valence-electron chi connectivity index (χ1n) is 4.26. The third kappa shape index (κ3) is 1.91. The second-order valence-corrected chi connectivity index (χ2v) is 3.39. The predicted molar refractivity (Wildman–Crippen MR) is 43.9 cm³/mol. The highest BCUT2D eigenvalue weighted by Crippen LogP contribution is 2.22. The Morgan fingerprint density at radius 2 is 2.18 bits per heavy atom. The SMILES string of the molecule is CCC1CC(N)CC(F)N1C. The molecule has 0 radical (unpaired) electrons. The number of rotatable bonds is 1. The topological polar surface area (TPSA) is 29.3 Å². The van der Waals surface area contributed by atoms with E-state index in [1.54, 1.807) is 4.90 Å². The zero-order valence-corrected chi connectivity index (χ0v) is 7.26. The number of likely N-dealkylation sites (tertiary alicyclic amines) is 1. The van der Waals surface area contributed by atoms with Crippen molar-refractivity contribution in [3.05, 3.63) is 0 Å². The third-order valence-corrected chi connectivity index (χ3v) is 2.56. The minimum Gasteiger partial charge on any atom is -0.327 e. The second kappa shape index (κ2) is 3.50. The van der Waals surface area contributed by atoms with Crippen molar-refractivity contribution in [3.8, 4) is 0 Å². The summed E-state index contributed by atoms with van der Waals surface area (Å²) in [4.78, 5) is 1.80. The molecule has 1 aliphatic heterocycles. The molecule has 0 aromatic rings. The molecular formula is C8H17FN2. The first-order chi connectivity index (χ1) is 5.15. The van der Waals surface area contributed by atoms with Crippen LogP contribution in [0.25, 0.3) is 0 Å². The Balaban J connectivity index is 2.51. The summed E-state index contributed by atoms with van der Waals surface area (Å²) in [5, 5.41) is 0. The molecule has 1 fully saturated rings. The summed E-state index contributed by atoms with van der Waals surface area (Å²) in [5.74, 6) is 0. The molecular weight excluding hydrogens is 143 g/mol. The van der Waals surface area contributed by atoms with Crippen LogP contribution in [-0.2, 0) is 0 Å². The van der Waals surface area contributed by atoms with Crippen molar-refractivity contribution in [2.75, 3.05) is 7.05 Å². The Morgan fingerprint density at radius 3 is 2.73 bits per heavy atom. The molecule has 0 spiro atoms. The van der Waals surface area contributed by atoms with E-state index in [0.29, 0.717) is 12.5 Å². The van der Waals surface area contributed by atoms with Crippen molar-refractivity contribution in [2.45, 2.75) is 44.6 Å². The summed E-state index contributed by atoms with van der Waals surface area (Å²) in [6, 6.07) is 0.403. The molecule has 2 nitrogen and oxygen atoms in total. The molecule has 0 saturated carbocycles. The maximum absolute atomic E-state index is 13.1.